The van der Waals surface area contributed by atoms with Crippen LogP contribution in [-0.2, 0) is 59.7 Å². The van der Waals surface area contributed by atoms with Crippen LogP contribution in [0.4, 0.5) is 0 Å². The van der Waals surface area contributed by atoms with Gasteiger partial charge in [0.2, 0.25) is 0 Å². The smallest absolute Gasteiger partial charge is 0.139 e. The van der Waals surface area contributed by atoms with Crippen molar-refractivity contribution >= 4 is 44.7 Å². The van der Waals surface area contributed by atoms with Crippen LogP contribution < -0.4 is 0 Å². The van der Waals surface area contributed by atoms with Crippen LogP contribution >= 0.6 is 11.6 Å². The van der Waals surface area contributed by atoms with Crippen LogP contribution in [0.5, 0.6) is 0 Å². The molecule has 0 aliphatic carbocycles. The molecule has 0 unspecified atom stereocenters. The van der Waals surface area contributed by atoms with Gasteiger partial charge in [-0.25, -0.2) is 29.9 Å². The van der Waals surface area contributed by atoms with E-state index in [4.69, 9.17) is 16.9 Å². The summed E-state index contributed by atoms with van der Waals surface area (Å²) in [6.07, 6.45) is 12.2. The fourth-order valence-corrected chi connectivity index (χ4v) is 9.26. The van der Waals surface area contributed by atoms with Gasteiger partial charge in [0, 0.05) is 76.3 Å². The molecule has 0 saturated heterocycles. The Morgan fingerprint density at radius 3 is 1.05 bits per heavy atom. The summed E-state index contributed by atoms with van der Waals surface area (Å²) in [6, 6.07) is 51.8. The van der Waals surface area contributed by atoms with E-state index in [2.05, 4.69) is 159 Å². The summed E-state index contributed by atoms with van der Waals surface area (Å²) >= 11 is 5.92. The number of fused-ring (bicyclic) bond motifs is 3. The quantitative estimate of drug-likeness (QED) is 0.119. The maximum absolute atomic E-state index is 9.28. The zero-order valence-electron chi connectivity index (χ0n) is 42.7. The number of hydrogen-bond acceptors (Lipinski definition) is 8. The lowest BCUT2D eigenvalue weighted by molar-refractivity contribution is 0.273. The summed E-state index contributed by atoms with van der Waals surface area (Å²) in [5, 5.41) is 16.6. The Labute approximate surface area is 441 Å². The van der Waals surface area contributed by atoms with E-state index in [0.29, 0.717) is 5.88 Å². The lowest BCUT2D eigenvalue weighted by Crippen LogP contribution is -2.00. The van der Waals surface area contributed by atoms with Gasteiger partial charge in [0.25, 0.3) is 0 Å². The first-order chi connectivity index (χ1) is 36.7. The zero-order chi connectivity index (χ0) is 52.3. The second-order valence-electron chi connectivity index (χ2n) is 17.9. The molecule has 0 atom stereocenters. The van der Waals surface area contributed by atoms with Crippen LogP contribution in [0.2, 0.25) is 0 Å². The van der Waals surface area contributed by atoms with Crippen molar-refractivity contribution in [3.63, 3.8) is 0 Å². The van der Waals surface area contributed by atoms with E-state index in [0.717, 1.165) is 99.2 Å². The molecule has 0 amide bonds. The fraction of sp³-hybridized carbons (Fsp3) is 0.183. The summed E-state index contributed by atoms with van der Waals surface area (Å²) in [4.78, 5) is 26.7. The van der Waals surface area contributed by atoms with Gasteiger partial charge < -0.3 is 32.5 Å². The second kappa shape index (κ2) is 23.8. The first-order valence-electron chi connectivity index (χ1n) is 24.7. The van der Waals surface area contributed by atoms with Crippen LogP contribution in [0.25, 0.3) is 67.3 Å². The Kier molecular flexibility index (Phi) is 16.2. The molecule has 0 aliphatic rings. The van der Waals surface area contributed by atoms with Crippen molar-refractivity contribution in [3.8, 4) is 40.2 Å². The normalized spacial score (nSPS) is 10.9. The van der Waals surface area contributed by atoms with Gasteiger partial charge >= 0.3 is 0 Å². The molecule has 0 bridgehead atoms. The highest BCUT2D eigenvalue weighted by molar-refractivity contribution is 6.16. The van der Waals surface area contributed by atoms with Crippen LogP contribution in [-0.4, -0.2) is 62.4 Å². The molecule has 6 aromatic carbocycles. The van der Waals surface area contributed by atoms with Crippen molar-refractivity contribution in [1.29, 1.82) is 5.26 Å². The maximum Gasteiger partial charge on any atom is 0.139 e. The van der Waals surface area contributed by atoms with Gasteiger partial charge in [-0.1, -0.05) is 116 Å². The Bertz CT molecular complexity index is 3440. The number of rotatable bonds is 12. The molecule has 12 aromatic rings. The Hall–Kier alpha value is -8.90. The highest BCUT2D eigenvalue weighted by atomic mass is 35.5. The van der Waals surface area contributed by atoms with Crippen molar-refractivity contribution in [3.05, 3.63) is 217 Å². The van der Waals surface area contributed by atoms with Gasteiger partial charge in [-0.3, -0.25) is 0 Å². The van der Waals surface area contributed by atoms with E-state index in [-0.39, 0.29) is 6.61 Å². The number of aliphatic hydroxyl groups excluding tert-OH is 1. The number of benzene rings is 6. The van der Waals surface area contributed by atoms with Crippen LogP contribution in [0.15, 0.2) is 183 Å². The van der Waals surface area contributed by atoms with Crippen molar-refractivity contribution in [2.45, 2.75) is 52.4 Å². The number of halogens is 1. The lowest BCUT2D eigenvalue weighted by Gasteiger charge is -2.07. The third-order valence-electron chi connectivity index (χ3n) is 13.2. The number of hydrogen-bond donors (Lipinski definition) is 1. The average Bonchev–Trinajstić information content (AvgIpc) is 4.34. The first-order valence-corrected chi connectivity index (χ1v) is 25.2. The average molecular weight is 1010 g/mol. The molecule has 14 nitrogen and oxygen atoms in total. The summed E-state index contributed by atoms with van der Waals surface area (Å²) in [5.74, 6) is 3.28. The molecule has 0 fully saturated rings. The molecule has 12 rings (SSSR count). The van der Waals surface area contributed by atoms with Crippen LogP contribution in [0.1, 0.15) is 47.6 Å². The number of nitrogens with zero attached hydrogens (tertiary/aromatic N) is 13. The Morgan fingerprint density at radius 1 is 0.453 bits per heavy atom. The monoisotopic (exact) mass is 1010 g/mol. The van der Waals surface area contributed by atoms with Gasteiger partial charge in [0.15, 0.2) is 0 Å². The lowest BCUT2D eigenvalue weighted by atomic mass is 10.1. The van der Waals surface area contributed by atoms with E-state index < -0.39 is 0 Å². The second-order valence-corrected chi connectivity index (χ2v) is 18.2. The first kappa shape index (κ1) is 51.0. The van der Waals surface area contributed by atoms with Crippen LogP contribution in [0.3, 0.4) is 0 Å². The third-order valence-corrected chi connectivity index (χ3v) is 13.5. The molecule has 6 aromatic heterocycles. The van der Waals surface area contributed by atoms with E-state index in [9.17, 15) is 5.11 Å². The molecule has 0 radical (unpaired) electrons. The number of aliphatic hydroxyl groups is 1. The number of alkyl halides is 1. The van der Waals surface area contributed by atoms with Gasteiger partial charge in [0.05, 0.1) is 94.4 Å². The maximum atomic E-state index is 9.28. The number of para-hydroxylation sites is 6. The fourth-order valence-electron chi connectivity index (χ4n) is 9.02. The predicted molar refractivity (Wildman–Crippen MR) is 299 cm³/mol. The van der Waals surface area contributed by atoms with Crippen LogP contribution in [0, 0.1) is 11.3 Å². The van der Waals surface area contributed by atoms with Crippen molar-refractivity contribution in [1.82, 2.24) is 57.3 Å². The molecule has 15 heteroatoms. The van der Waals surface area contributed by atoms with Crippen molar-refractivity contribution < 1.29 is 5.11 Å². The summed E-state index contributed by atoms with van der Waals surface area (Å²) in [7, 11) is 5.98. The molecular formula is C60H58ClN13O. The molecule has 0 saturated carbocycles. The topological polar surface area (TPSA) is 151 Å². The molecule has 6 heterocycles. The Balaban J connectivity index is 0.000000134. The number of imidazole rings is 6. The molecular weight excluding hydrogens is 954 g/mol. The SMILES string of the molecule is CC#N.CCc1cnc(-c2ccc(Cn3cnc4ccccc43)cc2)n1C.Cn1c(CCl)cnc1-c1ccc(Cn2cnc3ccccc32)cc1.Cn1c(CO)cnc1-c1ccc(Cn2cnc3ccccc32)cc1. The number of aromatic nitrogens is 12. The highest BCUT2D eigenvalue weighted by Crippen LogP contribution is 2.25. The van der Waals surface area contributed by atoms with E-state index >= 15 is 0 Å². The van der Waals surface area contributed by atoms with Gasteiger partial charge in [-0.05, 0) is 59.5 Å². The molecule has 0 aliphatic heterocycles. The standard InChI is InChI=1S/C20H20N4.C19H17ClN4.C19H18N4O.C2H3N/c1-3-17-12-21-20(23(17)2)16-10-8-15(9-11-16)13-24-14-22-18-6-4-5-7-19(18)24;1-23-16(10-20)11-21-19(23)15-8-6-14(7-9-15)12-24-13-22-17-4-2-3-5-18(17)24;1-22-16(12-24)10-20-19(22)15-8-6-14(7-9-15)11-23-13-21-17-4-2-3-5-18(17)23;1-2-3/h4-12,14H,3,13H2,1-2H3;2-9,11,13H,10,12H2,1H3;2-10,13,24H,11-12H2,1H3;1H3. The van der Waals surface area contributed by atoms with Crippen molar-refractivity contribution in [2.24, 2.45) is 21.1 Å². The van der Waals surface area contributed by atoms with E-state index in [1.807, 2.05) is 103 Å². The summed E-state index contributed by atoms with van der Waals surface area (Å²) in [5.41, 5.74) is 16.6. The van der Waals surface area contributed by atoms with Gasteiger partial charge in [0.1, 0.15) is 17.5 Å². The van der Waals surface area contributed by atoms with Gasteiger partial charge in [-0.15, -0.1) is 11.6 Å². The number of nitriles is 1. The minimum absolute atomic E-state index is 0.00468. The largest absolute Gasteiger partial charge is 0.390 e. The zero-order valence-corrected chi connectivity index (χ0v) is 43.5. The summed E-state index contributed by atoms with van der Waals surface area (Å²) in [6.45, 7) is 5.98. The summed E-state index contributed by atoms with van der Waals surface area (Å²) < 4.78 is 12.6. The van der Waals surface area contributed by atoms with Gasteiger partial charge in [-0.2, -0.15) is 5.26 Å². The van der Waals surface area contributed by atoms with Crippen molar-refractivity contribution in [2.75, 3.05) is 0 Å². The minimum atomic E-state index is -0.00468. The highest BCUT2D eigenvalue weighted by Gasteiger charge is 2.12. The third kappa shape index (κ3) is 11.5. The number of aryl methyl sites for hydroxylation is 1. The molecule has 376 valence electrons. The van der Waals surface area contributed by atoms with E-state index in [1.54, 1.807) is 12.3 Å². The minimum Gasteiger partial charge on any atom is -0.390 e. The predicted octanol–water partition coefficient (Wildman–Crippen LogP) is 11.8. The Morgan fingerprint density at radius 2 is 0.760 bits per heavy atom. The molecule has 1 N–H and O–H groups in total. The van der Waals surface area contributed by atoms with E-state index in [1.165, 1.54) is 34.8 Å². The molecule has 75 heavy (non-hydrogen) atoms. The molecule has 0 spiro atoms.